The van der Waals surface area contributed by atoms with Crippen LogP contribution in [0.1, 0.15) is 12.5 Å². The highest BCUT2D eigenvalue weighted by Gasteiger charge is 2.19. The van der Waals surface area contributed by atoms with Crippen LogP contribution in [-0.4, -0.2) is 45.7 Å². The van der Waals surface area contributed by atoms with E-state index in [2.05, 4.69) is 21.0 Å². The lowest BCUT2D eigenvalue weighted by molar-refractivity contribution is -0.00000922. The van der Waals surface area contributed by atoms with Gasteiger partial charge in [0.25, 0.3) is 0 Å². The summed E-state index contributed by atoms with van der Waals surface area (Å²) >= 11 is 0. The number of hydrogen-bond acceptors (Lipinski definition) is 2. The van der Waals surface area contributed by atoms with Crippen molar-refractivity contribution in [2.75, 3.05) is 34.7 Å². The average Bonchev–Trinajstić information content (AvgIpc) is 2.28. The van der Waals surface area contributed by atoms with Crippen molar-refractivity contribution < 1.29 is 33.5 Å². The van der Waals surface area contributed by atoms with Crippen LogP contribution in [0.15, 0.2) is 18.2 Å². The molecule has 0 saturated carbocycles. The van der Waals surface area contributed by atoms with Gasteiger partial charge in [-0.3, -0.25) is 4.48 Å². The van der Waals surface area contributed by atoms with Gasteiger partial charge >= 0.3 is 6.09 Å². The number of hydrogen-bond donors (Lipinski definition) is 0. The van der Waals surface area contributed by atoms with E-state index in [-0.39, 0.29) is 30.1 Å². The van der Waals surface area contributed by atoms with E-state index in [0.717, 1.165) is 16.6 Å². The summed E-state index contributed by atoms with van der Waals surface area (Å²) in [5.74, 6) is 0.589. The van der Waals surface area contributed by atoms with Crippen LogP contribution < -0.4 is 33.2 Å². The predicted octanol–water partition coefficient (Wildman–Crippen LogP) is -0.354. The third-order valence-electron chi connectivity index (χ3n) is 3.18. The van der Waals surface area contributed by atoms with Gasteiger partial charge in [0, 0.05) is 25.7 Å². The van der Waals surface area contributed by atoms with Gasteiger partial charge < -0.3 is 33.6 Å². The number of rotatable bonds is 3. The standard InChI is InChI=1S/C14H23N2O2.HI/c1-7-16(5,6)13-9-8-12(10-11(13)2)18-14(17)15(3)4;/h8-10H,7H2,1-6H3;1H/q+1;/p-1. The first-order valence-electron chi connectivity index (χ1n) is 6.11. The van der Waals surface area contributed by atoms with Gasteiger partial charge in [0.05, 0.1) is 20.6 Å². The second-order valence-corrected chi connectivity index (χ2v) is 5.21. The second-order valence-electron chi connectivity index (χ2n) is 5.21. The third-order valence-corrected chi connectivity index (χ3v) is 3.18. The van der Waals surface area contributed by atoms with Crippen molar-refractivity contribution in [3.8, 4) is 5.75 Å². The van der Waals surface area contributed by atoms with E-state index in [0.29, 0.717) is 5.75 Å². The van der Waals surface area contributed by atoms with Crippen molar-refractivity contribution in [2.24, 2.45) is 0 Å². The number of amides is 1. The van der Waals surface area contributed by atoms with Gasteiger partial charge in [-0.1, -0.05) is 0 Å². The Morgan fingerprint density at radius 1 is 1.32 bits per heavy atom. The lowest BCUT2D eigenvalue weighted by Gasteiger charge is -2.29. The van der Waals surface area contributed by atoms with Gasteiger partial charge in [-0.25, -0.2) is 4.79 Å². The summed E-state index contributed by atoms with van der Waals surface area (Å²) in [5.41, 5.74) is 2.37. The predicted molar refractivity (Wildman–Crippen MR) is 75.1 cm³/mol. The van der Waals surface area contributed by atoms with Gasteiger partial charge in [0.2, 0.25) is 0 Å². The molecule has 0 heterocycles. The summed E-state index contributed by atoms with van der Waals surface area (Å²) in [7, 11) is 7.66. The second kappa shape index (κ2) is 7.09. The Hall–Kier alpha value is -0.820. The van der Waals surface area contributed by atoms with E-state index in [9.17, 15) is 4.79 Å². The Balaban J connectivity index is 0.00000324. The maximum Gasteiger partial charge on any atom is 0.414 e. The fraction of sp³-hybridized carbons (Fsp3) is 0.500. The van der Waals surface area contributed by atoms with Crippen molar-refractivity contribution in [3.63, 3.8) is 0 Å². The molecule has 1 amide bonds. The summed E-state index contributed by atoms with van der Waals surface area (Å²) < 4.78 is 6.05. The van der Waals surface area contributed by atoms with Crippen LogP contribution in [0.5, 0.6) is 5.75 Å². The molecule has 0 N–H and O–H groups in total. The summed E-state index contributed by atoms with van der Waals surface area (Å²) in [5, 5.41) is 0. The number of ether oxygens (including phenoxy) is 1. The Bertz CT molecular complexity index is 445. The summed E-state index contributed by atoms with van der Waals surface area (Å²) in [6.07, 6.45) is -0.355. The van der Waals surface area contributed by atoms with Crippen LogP contribution in [0.4, 0.5) is 10.5 Å². The fourth-order valence-electron chi connectivity index (χ4n) is 1.73. The number of benzene rings is 1. The van der Waals surface area contributed by atoms with Crippen molar-refractivity contribution in [1.29, 1.82) is 0 Å². The molecular formula is C14H23IN2O2. The minimum atomic E-state index is -0.355. The van der Waals surface area contributed by atoms with Gasteiger partial charge in [-0.2, -0.15) is 0 Å². The first kappa shape index (κ1) is 18.2. The molecule has 19 heavy (non-hydrogen) atoms. The molecule has 5 heteroatoms. The minimum absolute atomic E-state index is 0. The molecule has 0 atom stereocenters. The van der Waals surface area contributed by atoms with E-state index >= 15 is 0 Å². The highest BCUT2D eigenvalue weighted by Crippen LogP contribution is 2.27. The van der Waals surface area contributed by atoms with Crippen LogP contribution >= 0.6 is 0 Å². The van der Waals surface area contributed by atoms with Crippen LogP contribution in [-0.2, 0) is 0 Å². The number of halogens is 1. The molecule has 0 radical (unpaired) electrons. The molecule has 0 aliphatic rings. The summed E-state index contributed by atoms with van der Waals surface area (Å²) in [6, 6.07) is 5.78. The first-order chi connectivity index (χ1) is 8.27. The molecule has 0 aliphatic heterocycles. The number of carbonyl (C=O) groups is 1. The molecule has 1 aromatic rings. The van der Waals surface area contributed by atoms with Gasteiger partial charge in [0.1, 0.15) is 11.4 Å². The highest BCUT2D eigenvalue weighted by molar-refractivity contribution is 5.70. The van der Waals surface area contributed by atoms with Crippen LogP contribution in [0, 0.1) is 6.92 Å². The topological polar surface area (TPSA) is 29.5 Å². The summed E-state index contributed by atoms with van der Waals surface area (Å²) in [6.45, 7) is 5.20. The molecule has 0 aromatic heterocycles. The van der Waals surface area contributed by atoms with Crippen molar-refractivity contribution in [1.82, 2.24) is 9.38 Å². The van der Waals surface area contributed by atoms with Gasteiger partial charge in [0.15, 0.2) is 0 Å². The van der Waals surface area contributed by atoms with E-state index < -0.39 is 0 Å². The molecule has 0 spiro atoms. The third kappa shape index (κ3) is 4.65. The Morgan fingerprint density at radius 3 is 2.32 bits per heavy atom. The van der Waals surface area contributed by atoms with E-state index in [1.54, 1.807) is 14.1 Å². The zero-order chi connectivity index (χ0) is 13.9. The van der Waals surface area contributed by atoms with E-state index in [4.69, 9.17) is 4.74 Å². The van der Waals surface area contributed by atoms with Crippen molar-refractivity contribution >= 4 is 11.8 Å². The lowest BCUT2D eigenvalue weighted by Crippen LogP contribution is -3.00. The number of carbonyl (C=O) groups excluding carboxylic acids is 1. The van der Waals surface area contributed by atoms with Crippen LogP contribution in [0.2, 0.25) is 0 Å². The molecule has 1 aromatic carbocycles. The van der Waals surface area contributed by atoms with E-state index in [1.807, 2.05) is 25.1 Å². The average molecular weight is 378 g/mol. The van der Waals surface area contributed by atoms with Crippen molar-refractivity contribution in [3.05, 3.63) is 23.8 Å². The zero-order valence-electron chi connectivity index (χ0n) is 12.5. The first-order valence-corrected chi connectivity index (χ1v) is 6.11. The Kier molecular flexibility index (Phi) is 6.79. The zero-order valence-corrected chi connectivity index (χ0v) is 14.7. The van der Waals surface area contributed by atoms with Crippen LogP contribution in [0.3, 0.4) is 0 Å². The normalized spacial score (nSPS) is 10.6. The molecule has 0 bridgehead atoms. The maximum atomic E-state index is 11.5. The SMILES string of the molecule is CC[N+](C)(C)c1ccc(OC(=O)N(C)C)cc1C.[I-]. The number of aryl methyl sites for hydroxylation is 1. The molecule has 0 aliphatic carbocycles. The fourth-order valence-corrected chi connectivity index (χ4v) is 1.73. The molecule has 1 rings (SSSR count). The monoisotopic (exact) mass is 378 g/mol. The smallest absolute Gasteiger partial charge is 0.414 e. The molecule has 0 fully saturated rings. The number of nitrogens with zero attached hydrogens (tertiary/aromatic N) is 2. The molecule has 0 unspecified atom stereocenters. The highest BCUT2D eigenvalue weighted by atomic mass is 127. The van der Waals surface area contributed by atoms with Gasteiger partial charge in [-0.15, -0.1) is 0 Å². The summed E-state index contributed by atoms with van der Waals surface area (Å²) in [4.78, 5) is 12.9. The van der Waals surface area contributed by atoms with Gasteiger partial charge in [-0.05, 0) is 26.0 Å². The Labute approximate surface area is 132 Å². The molecule has 108 valence electrons. The van der Waals surface area contributed by atoms with E-state index in [1.165, 1.54) is 10.6 Å². The number of quaternary nitrogens is 1. The molecule has 4 nitrogen and oxygen atoms in total. The molecule has 0 saturated heterocycles. The Morgan fingerprint density at radius 2 is 1.89 bits per heavy atom. The maximum absolute atomic E-state index is 11.5. The minimum Gasteiger partial charge on any atom is -1.00 e. The lowest BCUT2D eigenvalue weighted by atomic mass is 10.1. The van der Waals surface area contributed by atoms with Crippen LogP contribution in [0.25, 0.3) is 0 Å². The quantitative estimate of drug-likeness (QED) is 0.532. The van der Waals surface area contributed by atoms with Crippen molar-refractivity contribution in [2.45, 2.75) is 13.8 Å². The largest absolute Gasteiger partial charge is 1.00 e. The molecular weight excluding hydrogens is 355 g/mol.